The first-order chi connectivity index (χ1) is 17.9. The Balaban J connectivity index is 1.56. The summed E-state index contributed by atoms with van der Waals surface area (Å²) in [6, 6.07) is 22.0. The van der Waals surface area contributed by atoms with Gasteiger partial charge in [-0.15, -0.1) is 0 Å². The maximum atomic E-state index is 12.9. The Bertz CT molecular complexity index is 1760. The standard InChI is InChI=1S/C28H18N2O7/c31-20-8-4-5-9-21(20)37-22-13-19-23(25-24(22)26(32)29-27(25)33)17-11-10-16(12-18(17)30(19)28(34)35)36-14-15-6-2-1-3-7-15/h1-13,31H,14H2,(H,34,35)(H,29,32,33). The van der Waals surface area contributed by atoms with Gasteiger partial charge in [0, 0.05) is 22.9 Å². The van der Waals surface area contributed by atoms with Gasteiger partial charge < -0.3 is 19.7 Å². The molecular formula is C28H18N2O7. The fourth-order valence-electron chi connectivity index (χ4n) is 4.59. The molecule has 0 spiro atoms. The van der Waals surface area contributed by atoms with Crippen LogP contribution in [0.3, 0.4) is 0 Å². The Labute approximate surface area is 209 Å². The zero-order chi connectivity index (χ0) is 25.7. The van der Waals surface area contributed by atoms with Crippen LogP contribution in [0, 0.1) is 0 Å². The van der Waals surface area contributed by atoms with Crippen LogP contribution in [-0.4, -0.2) is 32.7 Å². The molecular weight excluding hydrogens is 476 g/mol. The third-order valence-corrected chi connectivity index (χ3v) is 6.20. The Kier molecular flexibility index (Phi) is 5.04. The van der Waals surface area contributed by atoms with Crippen molar-refractivity contribution in [3.05, 3.63) is 95.6 Å². The number of aromatic hydroxyl groups is 1. The van der Waals surface area contributed by atoms with E-state index in [2.05, 4.69) is 5.32 Å². The fraction of sp³-hybridized carbons (Fsp3) is 0.0357. The minimum Gasteiger partial charge on any atom is -0.504 e. The minimum absolute atomic E-state index is 0.0101. The third-order valence-electron chi connectivity index (χ3n) is 6.20. The van der Waals surface area contributed by atoms with Crippen LogP contribution in [0.5, 0.6) is 23.0 Å². The van der Waals surface area contributed by atoms with Gasteiger partial charge in [-0.3, -0.25) is 14.9 Å². The molecule has 0 unspecified atom stereocenters. The third kappa shape index (κ3) is 3.61. The van der Waals surface area contributed by atoms with Crippen molar-refractivity contribution < 1.29 is 34.1 Å². The van der Waals surface area contributed by atoms with Gasteiger partial charge in [0.25, 0.3) is 11.8 Å². The first kappa shape index (κ1) is 22.2. The number of imide groups is 1. The smallest absolute Gasteiger partial charge is 0.416 e. The van der Waals surface area contributed by atoms with Crippen LogP contribution < -0.4 is 14.8 Å². The van der Waals surface area contributed by atoms with Crippen molar-refractivity contribution in [3.63, 3.8) is 0 Å². The summed E-state index contributed by atoms with van der Waals surface area (Å²) >= 11 is 0. The van der Waals surface area contributed by atoms with Crippen molar-refractivity contribution in [1.82, 2.24) is 9.88 Å². The molecule has 6 rings (SSSR count). The summed E-state index contributed by atoms with van der Waals surface area (Å²) in [7, 11) is 0. The molecule has 0 fully saturated rings. The zero-order valence-corrected chi connectivity index (χ0v) is 19.1. The number of carbonyl (C=O) groups excluding carboxylic acids is 2. The summed E-state index contributed by atoms with van der Waals surface area (Å²) in [6.07, 6.45) is -1.29. The second-order valence-corrected chi connectivity index (χ2v) is 8.44. The number of hydrogen-bond donors (Lipinski definition) is 3. The van der Waals surface area contributed by atoms with Crippen LogP contribution >= 0.6 is 0 Å². The monoisotopic (exact) mass is 494 g/mol. The number of ether oxygens (including phenoxy) is 2. The first-order valence-corrected chi connectivity index (χ1v) is 11.3. The average molecular weight is 494 g/mol. The molecule has 9 nitrogen and oxygen atoms in total. The lowest BCUT2D eigenvalue weighted by atomic mass is 10.0. The maximum Gasteiger partial charge on any atom is 0.416 e. The van der Waals surface area contributed by atoms with Crippen molar-refractivity contribution >= 4 is 39.7 Å². The van der Waals surface area contributed by atoms with Crippen molar-refractivity contribution in [1.29, 1.82) is 0 Å². The zero-order valence-electron chi connectivity index (χ0n) is 19.1. The number of amides is 2. The quantitative estimate of drug-likeness (QED) is 0.284. The van der Waals surface area contributed by atoms with Gasteiger partial charge in [0.05, 0.1) is 22.2 Å². The van der Waals surface area contributed by atoms with Crippen molar-refractivity contribution in [3.8, 4) is 23.0 Å². The average Bonchev–Trinajstić information content (AvgIpc) is 3.37. The van der Waals surface area contributed by atoms with E-state index in [1.54, 1.807) is 30.3 Å². The van der Waals surface area contributed by atoms with Gasteiger partial charge in [0.2, 0.25) is 0 Å². The number of aromatic nitrogens is 1. The minimum atomic E-state index is -1.29. The van der Waals surface area contributed by atoms with Crippen LogP contribution in [-0.2, 0) is 6.61 Å². The van der Waals surface area contributed by atoms with E-state index >= 15 is 0 Å². The van der Waals surface area contributed by atoms with Gasteiger partial charge in [-0.05, 0) is 29.8 Å². The molecule has 0 aliphatic carbocycles. The predicted molar refractivity (Wildman–Crippen MR) is 134 cm³/mol. The Morgan fingerprint density at radius 2 is 1.57 bits per heavy atom. The van der Waals surface area contributed by atoms with E-state index in [0.717, 1.165) is 10.1 Å². The number of carboxylic acid groups (broad SMARTS) is 1. The van der Waals surface area contributed by atoms with Gasteiger partial charge in [-0.2, -0.15) is 0 Å². The predicted octanol–water partition coefficient (Wildman–Crippen LogP) is 5.28. The van der Waals surface area contributed by atoms with Gasteiger partial charge in [-0.1, -0.05) is 42.5 Å². The number of nitrogens with zero attached hydrogens (tertiary/aromatic N) is 1. The fourth-order valence-corrected chi connectivity index (χ4v) is 4.59. The number of phenols is 1. The lowest BCUT2D eigenvalue weighted by molar-refractivity contribution is 0.0879. The lowest BCUT2D eigenvalue weighted by Gasteiger charge is -2.11. The van der Waals surface area contributed by atoms with Crippen molar-refractivity contribution in [2.45, 2.75) is 6.61 Å². The first-order valence-electron chi connectivity index (χ1n) is 11.3. The molecule has 1 aliphatic heterocycles. The molecule has 182 valence electrons. The number of nitrogens with one attached hydrogen (secondary N) is 1. The number of fused-ring (bicyclic) bond motifs is 5. The van der Waals surface area contributed by atoms with Crippen molar-refractivity contribution in [2.24, 2.45) is 0 Å². The van der Waals surface area contributed by atoms with Gasteiger partial charge in [0.15, 0.2) is 11.5 Å². The van der Waals surface area contributed by atoms with Gasteiger partial charge >= 0.3 is 6.09 Å². The number of carbonyl (C=O) groups is 3. The van der Waals surface area contributed by atoms with Crippen LogP contribution in [0.25, 0.3) is 21.8 Å². The summed E-state index contributed by atoms with van der Waals surface area (Å²) in [5.74, 6) is -1.10. The molecule has 2 heterocycles. The number of hydrogen-bond acceptors (Lipinski definition) is 6. The Morgan fingerprint density at radius 1 is 0.838 bits per heavy atom. The molecule has 37 heavy (non-hydrogen) atoms. The lowest BCUT2D eigenvalue weighted by Crippen LogP contribution is -2.20. The number of rotatable bonds is 5. The second-order valence-electron chi connectivity index (χ2n) is 8.44. The van der Waals surface area contributed by atoms with Crippen molar-refractivity contribution in [2.75, 3.05) is 0 Å². The molecule has 9 heteroatoms. The molecule has 0 saturated carbocycles. The Morgan fingerprint density at radius 3 is 2.32 bits per heavy atom. The highest BCUT2D eigenvalue weighted by Crippen LogP contribution is 2.43. The summed E-state index contributed by atoms with van der Waals surface area (Å²) in [5.41, 5.74) is 1.35. The molecule has 1 aliphatic rings. The summed E-state index contributed by atoms with van der Waals surface area (Å²) in [6.45, 7) is 0.282. The molecule has 3 N–H and O–H groups in total. The van der Waals surface area contributed by atoms with E-state index in [1.165, 1.54) is 18.2 Å². The SMILES string of the molecule is O=C1NC(=O)c2c1c(Oc1ccccc1O)cc1c2c2ccc(OCc3ccccc3)cc2n1C(=O)O. The molecule has 5 aromatic rings. The molecule has 0 atom stereocenters. The summed E-state index contributed by atoms with van der Waals surface area (Å²) in [5, 5.41) is 23.3. The molecule has 0 saturated heterocycles. The van der Waals surface area contributed by atoms with E-state index in [4.69, 9.17) is 9.47 Å². The highest BCUT2D eigenvalue weighted by Gasteiger charge is 2.36. The summed E-state index contributed by atoms with van der Waals surface area (Å²) in [4.78, 5) is 38.1. The van der Waals surface area contributed by atoms with Crippen LogP contribution in [0.2, 0.25) is 0 Å². The van der Waals surface area contributed by atoms with E-state index in [9.17, 15) is 24.6 Å². The largest absolute Gasteiger partial charge is 0.504 e. The van der Waals surface area contributed by atoms with Crippen LogP contribution in [0.1, 0.15) is 26.3 Å². The van der Waals surface area contributed by atoms with E-state index in [0.29, 0.717) is 16.5 Å². The Hall–Kier alpha value is -5.31. The number of para-hydroxylation sites is 2. The molecule has 1 aromatic heterocycles. The van der Waals surface area contributed by atoms with Crippen LogP contribution in [0.4, 0.5) is 4.79 Å². The van der Waals surface area contributed by atoms with E-state index in [1.807, 2.05) is 30.3 Å². The molecule has 0 bridgehead atoms. The molecule has 4 aromatic carbocycles. The second kappa shape index (κ2) is 8.42. The summed E-state index contributed by atoms with van der Waals surface area (Å²) < 4.78 is 12.7. The van der Waals surface area contributed by atoms with Crippen LogP contribution in [0.15, 0.2) is 78.9 Å². The number of phenolic OH excluding ortho intramolecular Hbond substituents is 1. The topological polar surface area (TPSA) is 127 Å². The van der Waals surface area contributed by atoms with Gasteiger partial charge in [-0.25, -0.2) is 9.36 Å². The normalized spacial score (nSPS) is 12.5. The van der Waals surface area contributed by atoms with E-state index in [-0.39, 0.29) is 46.0 Å². The number of benzene rings is 4. The molecule has 2 amide bonds. The van der Waals surface area contributed by atoms with Gasteiger partial charge in [0.1, 0.15) is 18.1 Å². The van der Waals surface area contributed by atoms with E-state index < -0.39 is 17.9 Å². The maximum absolute atomic E-state index is 12.9. The highest BCUT2D eigenvalue weighted by molar-refractivity contribution is 6.32. The molecule has 0 radical (unpaired) electrons. The highest BCUT2D eigenvalue weighted by atomic mass is 16.5.